The lowest BCUT2D eigenvalue weighted by Crippen LogP contribution is -2.41. The summed E-state index contributed by atoms with van der Waals surface area (Å²) in [5.74, 6) is 0.440. The summed E-state index contributed by atoms with van der Waals surface area (Å²) in [6, 6.07) is 7.12. The molecule has 1 fully saturated rings. The van der Waals surface area contributed by atoms with Gasteiger partial charge in [0.2, 0.25) is 5.91 Å². The molecule has 1 saturated heterocycles. The van der Waals surface area contributed by atoms with Crippen molar-refractivity contribution in [3.05, 3.63) is 29.8 Å². The van der Waals surface area contributed by atoms with Crippen LogP contribution in [0.25, 0.3) is 0 Å². The third-order valence-electron chi connectivity index (χ3n) is 3.12. The maximum atomic E-state index is 11.9. The van der Waals surface area contributed by atoms with Crippen LogP contribution in [-0.2, 0) is 16.1 Å². The van der Waals surface area contributed by atoms with Crippen LogP contribution in [0, 0.1) is 0 Å². The topological polar surface area (TPSA) is 61.8 Å². The van der Waals surface area contributed by atoms with E-state index in [1.165, 1.54) is 0 Å². The van der Waals surface area contributed by atoms with Crippen molar-refractivity contribution in [3.8, 4) is 5.75 Å². The van der Waals surface area contributed by atoms with E-state index in [-0.39, 0.29) is 11.7 Å². The van der Waals surface area contributed by atoms with Crippen LogP contribution in [0.5, 0.6) is 5.75 Å². The average molecular weight is 264 g/mol. The van der Waals surface area contributed by atoms with Gasteiger partial charge in [0.05, 0.1) is 13.2 Å². The predicted octanol–water partition coefficient (Wildman–Crippen LogP) is 0.731. The second-order valence-corrected chi connectivity index (χ2v) is 4.59. The van der Waals surface area contributed by atoms with Gasteiger partial charge in [0, 0.05) is 32.6 Å². The number of rotatable bonds is 5. The fraction of sp³-hybridized carbons (Fsp3) is 0.500. The van der Waals surface area contributed by atoms with Gasteiger partial charge in [-0.3, -0.25) is 4.79 Å². The molecule has 2 N–H and O–H groups in total. The Hall–Kier alpha value is -1.59. The van der Waals surface area contributed by atoms with Gasteiger partial charge in [-0.2, -0.15) is 0 Å². The first-order valence-electron chi connectivity index (χ1n) is 6.60. The van der Waals surface area contributed by atoms with E-state index in [1.54, 1.807) is 12.1 Å². The molecule has 0 bridgehead atoms. The third kappa shape index (κ3) is 4.54. The number of hydrogen-bond acceptors (Lipinski definition) is 4. The highest BCUT2D eigenvalue weighted by atomic mass is 16.5. The molecule has 0 radical (unpaired) electrons. The third-order valence-corrected chi connectivity index (χ3v) is 3.12. The predicted molar refractivity (Wildman–Crippen MR) is 71.8 cm³/mol. The summed E-state index contributed by atoms with van der Waals surface area (Å²) in [6.07, 6.45) is 0.499. The summed E-state index contributed by atoms with van der Waals surface area (Å²) in [7, 11) is 0. The van der Waals surface area contributed by atoms with Crippen LogP contribution in [0.15, 0.2) is 24.3 Å². The highest BCUT2D eigenvalue weighted by molar-refractivity contribution is 5.76. The minimum atomic E-state index is 0.173. The van der Waals surface area contributed by atoms with E-state index >= 15 is 0 Å². The van der Waals surface area contributed by atoms with Gasteiger partial charge < -0.3 is 20.1 Å². The van der Waals surface area contributed by atoms with Gasteiger partial charge >= 0.3 is 0 Å². The standard InChI is InChI=1S/C14H20N2O3/c17-13-3-1-2-12(10-13)11-15-5-4-14(18)16-6-8-19-9-7-16/h1-3,10,15,17H,4-9,11H2. The largest absolute Gasteiger partial charge is 0.508 e. The Balaban J connectivity index is 1.65. The molecule has 1 heterocycles. The summed E-state index contributed by atoms with van der Waals surface area (Å²) >= 11 is 0. The molecule has 1 aromatic rings. The first-order chi connectivity index (χ1) is 9.25. The number of nitrogens with zero attached hydrogens (tertiary/aromatic N) is 1. The van der Waals surface area contributed by atoms with E-state index in [4.69, 9.17) is 4.74 Å². The molecule has 1 aliphatic heterocycles. The van der Waals surface area contributed by atoms with E-state index in [0.717, 1.165) is 5.56 Å². The Morgan fingerprint density at radius 1 is 1.37 bits per heavy atom. The van der Waals surface area contributed by atoms with E-state index in [2.05, 4.69) is 5.32 Å². The van der Waals surface area contributed by atoms with Gasteiger partial charge in [-0.15, -0.1) is 0 Å². The SMILES string of the molecule is O=C(CCNCc1cccc(O)c1)N1CCOCC1. The lowest BCUT2D eigenvalue weighted by Gasteiger charge is -2.26. The maximum absolute atomic E-state index is 11.9. The van der Waals surface area contributed by atoms with Crippen LogP contribution in [0.3, 0.4) is 0 Å². The molecule has 1 aromatic carbocycles. The van der Waals surface area contributed by atoms with Gasteiger partial charge in [-0.25, -0.2) is 0 Å². The Bertz CT molecular complexity index is 417. The number of morpholine rings is 1. The molecule has 1 amide bonds. The maximum Gasteiger partial charge on any atom is 0.224 e. The van der Waals surface area contributed by atoms with Gasteiger partial charge in [-0.1, -0.05) is 12.1 Å². The molecule has 0 saturated carbocycles. The molecular formula is C14H20N2O3. The first kappa shape index (κ1) is 13.8. The number of amides is 1. The quantitative estimate of drug-likeness (QED) is 0.770. The molecule has 104 valence electrons. The summed E-state index contributed by atoms with van der Waals surface area (Å²) in [5, 5.41) is 12.5. The number of ether oxygens (including phenoxy) is 1. The number of aromatic hydroxyl groups is 1. The van der Waals surface area contributed by atoms with Gasteiger partial charge in [0.25, 0.3) is 0 Å². The first-order valence-corrected chi connectivity index (χ1v) is 6.60. The molecule has 2 rings (SSSR count). The van der Waals surface area contributed by atoms with Gasteiger partial charge in [0.15, 0.2) is 0 Å². The Kier molecular flexibility index (Phi) is 5.18. The second kappa shape index (κ2) is 7.11. The monoisotopic (exact) mass is 264 g/mol. The van der Waals surface area contributed by atoms with E-state index in [9.17, 15) is 9.90 Å². The van der Waals surface area contributed by atoms with Crippen molar-refractivity contribution >= 4 is 5.91 Å². The molecule has 0 aliphatic carbocycles. The van der Waals surface area contributed by atoms with Crippen molar-refractivity contribution in [2.45, 2.75) is 13.0 Å². The zero-order chi connectivity index (χ0) is 13.5. The fourth-order valence-electron chi connectivity index (χ4n) is 2.07. The highest BCUT2D eigenvalue weighted by Crippen LogP contribution is 2.10. The Morgan fingerprint density at radius 3 is 2.89 bits per heavy atom. The van der Waals surface area contributed by atoms with Crippen molar-refractivity contribution in [1.82, 2.24) is 10.2 Å². The molecular weight excluding hydrogens is 244 g/mol. The van der Waals surface area contributed by atoms with E-state index < -0.39 is 0 Å². The number of phenolic OH excluding ortho intramolecular Hbond substituents is 1. The lowest BCUT2D eigenvalue weighted by molar-refractivity contribution is -0.135. The fourth-order valence-corrected chi connectivity index (χ4v) is 2.07. The summed E-state index contributed by atoms with van der Waals surface area (Å²) in [4.78, 5) is 13.7. The molecule has 5 nitrogen and oxygen atoms in total. The molecule has 19 heavy (non-hydrogen) atoms. The van der Waals surface area contributed by atoms with Crippen LogP contribution < -0.4 is 5.32 Å². The van der Waals surface area contributed by atoms with Crippen molar-refractivity contribution in [1.29, 1.82) is 0 Å². The second-order valence-electron chi connectivity index (χ2n) is 4.59. The molecule has 0 aromatic heterocycles. The molecule has 0 atom stereocenters. The average Bonchev–Trinajstić information content (AvgIpc) is 2.44. The molecule has 0 unspecified atom stereocenters. The van der Waals surface area contributed by atoms with E-state index in [0.29, 0.717) is 45.8 Å². The molecule has 5 heteroatoms. The normalized spacial score (nSPS) is 15.5. The smallest absolute Gasteiger partial charge is 0.224 e. The minimum Gasteiger partial charge on any atom is -0.508 e. The van der Waals surface area contributed by atoms with Crippen molar-refractivity contribution in [2.75, 3.05) is 32.8 Å². The minimum absolute atomic E-state index is 0.173. The number of benzene rings is 1. The summed E-state index contributed by atoms with van der Waals surface area (Å²) < 4.78 is 5.21. The zero-order valence-electron chi connectivity index (χ0n) is 11.0. The summed E-state index contributed by atoms with van der Waals surface area (Å²) in [5.41, 5.74) is 1.01. The van der Waals surface area contributed by atoms with Crippen molar-refractivity contribution in [3.63, 3.8) is 0 Å². The van der Waals surface area contributed by atoms with Gasteiger partial charge in [0.1, 0.15) is 5.75 Å². The lowest BCUT2D eigenvalue weighted by atomic mass is 10.2. The number of phenols is 1. The van der Waals surface area contributed by atoms with Crippen LogP contribution in [0.1, 0.15) is 12.0 Å². The Labute approximate surface area is 113 Å². The number of carbonyl (C=O) groups excluding carboxylic acids is 1. The Morgan fingerprint density at radius 2 is 2.16 bits per heavy atom. The number of hydrogen-bond donors (Lipinski definition) is 2. The van der Waals surface area contributed by atoms with Crippen LogP contribution in [0.4, 0.5) is 0 Å². The molecule has 1 aliphatic rings. The number of carbonyl (C=O) groups is 1. The van der Waals surface area contributed by atoms with Crippen LogP contribution in [0.2, 0.25) is 0 Å². The van der Waals surface area contributed by atoms with Crippen LogP contribution >= 0.6 is 0 Å². The van der Waals surface area contributed by atoms with Crippen LogP contribution in [-0.4, -0.2) is 48.8 Å². The number of nitrogens with one attached hydrogen (secondary N) is 1. The van der Waals surface area contributed by atoms with Crippen molar-refractivity contribution < 1.29 is 14.6 Å². The highest BCUT2D eigenvalue weighted by Gasteiger charge is 2.15. The van der Waals surface area contributed by atoms with Gasteiger partial charge in [-0.05, 0) is 17.7 Å². The summed E-state index contributed by atoms with van der Waals surface area (Å²) in [6.45, 7) is 3.98. The zero-order valence-corrected chi connectivity index (χ0v) is 11.0. The van der Waals surface area contributed by atoms with E-state index in [1.807, 2.05) is 17.0 Å². The van der Waals surface area contributed by atoms with Crippen molar-refractivity contribution in [2.24, 2.45) is 0 Å². The molecule has 0 spiro atoms.